The van der Waals surface area contributed by atoms with E-state index in [4.69, 9.17) is 9.26 Å². The van der Waals surface area contributed by atoms with Crippen LogP contribution >= 0.6 is 0 Å². The molecule has 2 heterocycles. The molecule has 0 unspecified atom stereocenters. The van der Waals surface area contributed by atoms with Gasteiger partial charge in [0.25, 0.3) is 5.89 Å². The second-order valence-corrected chi connectivity index (χ2v) is 9.59. The highest BCUT2D eigenvalue weighted by Crippen LogP contribution is 2.46. The van der Waals surface area contributed by atoms with Crippen molar-refractivity contribution in [2.75, 3.05) is 19.7 Å². The molecular formula is C27H28N4O4. The van der Waals surface area contributed by atoms with Gasteiger partial charge in [0.1, 0.15) is 11.8 Å². The molecule has 3 aromatic rings. The predicted molar refractivity (Wildman–Crippen MR) is 129 cm³/mol. The van der Waals surface area contributed by atoms with Crippen LogP contribution in [-0.2, 0) is 16.6 Å². The zero-order valence-electron chi connectivity index (χ0n) is 20.0. The van der Waals surface area contributed by atoms with Crippen molar-refractivity contribution in [2.45, 2.75) is 51.0 Å². The summed E-state index contributed by atoms with van der Waals surface area (Å²) in [5.41, 5.74) is 4.06. The van der Waals surface area contributed by atoms with Gasteiger partial charge in [-0.15, -0.1) is 0 Å². The molecule has 8 heteroatoms. The first-order valence-electron chi connectivity index (χ1n) is 12.0. The fourth-order valence-corrected chi connectivity index (χ4v) is 5.44. The van der Waals surface area contributed by atoms with Crippen LogP contribution in [0.1, 0.15) is 49.8 Å². The summed E-state index contributed by atoms with van der Waals surface area (Å²) in [5, 5.41) is 23.2. The maximum Gasteiger partial charge on any atom is 0.258 e. The number of amides is 1. The van der Waals surface area contributed by atoms with E-state index in [-0.39, 0.29) is 24.0 Å². The van der Waals surface area contributed by atoms with Crippen molar-refractivity contribution in [1.82, 2.24) is 15.0 Å². The van der Waals surface area contributed by atoms with Gasteiger partial charge in [-0.25, -0.2) is 0 Å². The van der Waals surface area contributed by atoms with Crippen LogP contribution in [0.4, 0.5) is 0 Å². The molecule has 1 amide bonds. The summed E-state index contributed by atoms with van der Waals surface area (Å²) in [4.78, 5) is 19.1. The minimum Gasteiger partial charge on any atom is -0.490 e. The van der Waals surface area contributed by atoms with E-state index in [9.17, 15) is 15.2 Å². The van der Waals surface area contributed by atoms with E-state index in [1.807, 2.05) is 32.0 Å². The van der Waals surface area contributed by atoms with Gasteiger partial charge in [-0.1, -0.05) is 23.4 Å². The number of aliphatic hydroxyl groups is 1. The fraction of sp³-hybridized carbons (Fsp3) is 0.407. The molecule has 1 spiro atoms. The number of carbonyl (C=O) groups excluding carboxylic acids is 1. The summed E-state index contributed by atoms with van der Waals surface area (Å²) in [5.74, 6) is 1.44. The first-order chi connectivity index (χ1) is 16.9. The van der Waals surface area contributed by atoms with Gasteiger partial charge in [0.2, 0.25) is 11.7 Å². The van der Waals surface area contributed by atoms with E-state index in [0.29, 0.717) is 48.1 Å². The molecule has 1 aliphatic heterocycles. The van der Waals surface area contributed by atoms with Gasteiger partial charge in [0.05, 0.1) is 18.3 Å². The Balaban J connectivity index is 1.49. The minimum absolute atomic E-state index is 0.0293. The second-order valence-electron chi connectivity index (χ2n) is 9.59. The lowest BCUT2D eigenvalue weighted by Crippen LogP contribution is -2.36. The van der Waals surface area contributed by atoms with Gasteiger partial charge >= 0.3 is 0 Å². The highest BCUT2D eigenvalue weighted by molar-refractivity contribution is 5.82. The third kappa shape index (κ3) is 4.17. The van der Waals surface area contributed by atoms with Crippen molar-refractivity contribution in [3.05, 3.63) is 53.1 Å². The van der Waals surface area contributed by atoms with E-state index in [1.54, 1.807) is 17.0 Å². The largest absolute Gasteiger partial charge is 0.490 e. The standard InChI is InChI=1S/C27H28N4O4/c1-17(2)34-23-9-8-18(13-19(23)15-28)26-29-25(30-35-26)21-5-3-7-22-20(21)6-4-10-27(22)14-24(33)31(16-27)11-12-32/h3,5,7-9,13,17,32H,4,6,10-12,14,16H2,1-2H3/t27-/m0/s1. The molecule has 1 saturated heterocycles. The zero-order valence-corrected chi connectivity index (χ0v) is 20.0. The molecule has 1 aliphatic carbocycles. The Morgan fingerprint density at radius 1 is 1.31 bits per heavy atom. The summed E-state index contributed by atoms with van der Waals surface area (Å²) in [6.07, 6.45) is 3.21. The van der Waals surface area contributed by atoms with Crippen molar-refractivity contribution in [3.8, 4) is 34.7 Å². The van der Waals surface area contributed by atoms with Crippen LogP contribution in [0.3, 0.4) is 0 Å². The Labute approximate surface area is 204 Å². The topological polar surface area (TPSA) is 112 Å². The van der Waals surface area contributed by atoms with Crippen molar-refractivity contribution >= 4 is 5.91 Å². The van der Waals surface area contributed by atoms with Crippen LogP contribution in [0.2, 0.25) is 0 Å². The van der Waals surface area contributed by atoms with Crippen molar-refractivity contribution in [3.63, 3.8) is 0 Å². The van der Waals surface area contributed by atoms with Crippen molar-refractivity contribution in [1.29, 1.82) is 5.26 Å². The molecule has 0 radical (unpaired) electrons. The van der Waals surface area contributed by atoms with E-state index >= 15 is 0 Å². The maximum atomic E-state index is 12.6. The number of nitriles is 1. The smallest absolute Gasteiger partial charge is 0.258 e. The molecule has 1 atom stereocenters. The number of aromatic nitrogens is 2. The first kappa shape index (κ1) is 23.1. The van der Waals surface area contributed by atoms with E-state index in [2.05, 4.69) is 22.3 Å². The van der Waals surface area contributed by atoms with Gasteiger partial charge in [0.15, 0.2) is 0 Å². The molecule has 5 rings (SSSR count). The molecule has 0 bridgehead atoms. The Hall–Kier alpha value is -3.70. The lowest BCUT2D eigenvalue weighted by molar-refractivity contribution is -0.128. The molecule has 35 heavy (non-hydrogen) atoms. The number of carbonyl (C=O) groups is 1. The quantitative estimate of drug-likeness (QED) is 0.580. The van der Waals surface area contributed by atoms with Crippen LogP contribution in [0, 0.1) is 11.3 Å². The highest BCUT2D eigenvalue weighted by Gasteiger charge is 2.46. The van der Waals surface area contributed by atoms with Crippen LogP contribution in [0.5, 0.6) is 5.75 Å². The van der Waals surface area contributed by atoms with Crippen LogP contribution in [-0.4, -0.2) is 51.9 Å². The molecule has 1 aromatic heterocycles. The predicted octanol–water partition coefficient (Wildman–Crippen LogP) is 3.86. The van der Waals surface area contributed by atoms with Crippen molar-refractivity contribution < 1.29 is 19.2 Å². The van der Waals surface area contributed by atoms with E-state index in [0.717, 1.165) is 30.4 Å². The zero-order chi connectivity index (χ0) is 24.6. The summed E-state index contributed by atoms with van der Waals surface area (Å²) in [7, 11) is 0. The average Bonchev–Trinajstić information content (AvgIpc) is 3.45. The maximum absolute atomic E-state index is 12.6. The lowest BCUT2D eigenvalue weighted by Gasteiger charge is -2.36. The number of likely N-dealkylation sites (tertiary alicyclic amines) is 1. The Morgan fingerprint density at radius 2 is 2.17 bits per heavy atom. The van der Waals surface area contributed by atoms with Crippen LogP contribution in [0.25, 0.3) is 22.8 Å². The van der Waals surface area contributed by atoms with Gasteiger partial charge in [-0.3, -0.25) is 4.79 Å². The number of hydrogen-bond acceptors (Lipinski definition) is 7. The Bertz CT molecular complexity index is 1310. The fourth-order valence-electron chi connectivity index (χ4n) is 5.44. The highest BCUT2D eigenvalue weighted by atomic mass is 16.5. The molecular weight excluding hydrogens is 444 g/mol. The third-order valence-electron chi connectivity index (χ3n) is 6.91. The van der Waals surface area contributed by atoms with Crippen LogP contribution in [0.15, 0.2) is 40.9 Å². The van der Waals surface area contributed by atoms with Gasteiger partial charge in [-0.05, 0) is 62.4 Å². The number of aliphatic hydroxyl groups excluding tert-OH is 1. The summed E-state index contributed by atoms with van der Waals surface area (Å²) in [6.45, 7) is 4.79. The monoisotopic (exact) mass is 472 g/mol. The van der Waals surface area contributed by atoms with Gasteiger partial charge < -0.3 is 19.3 Å². The molecule has 8 nitrogen and oxygen atoms in total. The molecule has 1 N–H and O–H groups in total. The number of nitrogens with zero attached hydrogens (tertiary/aromatic N) is 4. The van der Waals surface area contributed by atoms with E-state index < -0.39 is 0 Å². The second kappa shape index (κ2) is 9.16. The van der Waals surface area contributed by atoms with E-state index in [1.165, 1.54) is 5.56 Å². The third-order valence-corrected chi connectivity index (χ3v) is 6.91. The number of benzene rings is 2. The van der Waals surface area contributed by atoms with Crippen LogP contribution < -0.4 is 4.74 Å². The summed E-state index contributed by atoms with van der Waals surface area (Å²) >= 11 is 0. The average molecular weight is 473 g/mol. The lowest BCUT2D eigenvalue weighted by atomic mass is 9.68. The summed E-state index contributed by atoms with van der Waals surface area (Å²) < 4.78 is 11.3. The van der Waals surface area contributed by atoms with Gasteiger partial charge in [0, 0.05) is 36.1 Å². The number of β-amino-alcohol motifs (C(OH)–C–C–N with tert-alkyl or cyclic N) is 1. The molecule has 1 fully saturated rings. The molecule has 180 valence electrons. The number of hydrogen-bond donors (Lipinski definition) is 1. The molecule has 2 aliphatic rings. The number of fused-ring (bicyclic) bond motifs is 2. The van der Waals surface area contributed by atoms with Crippen molar-refractivity contribution in [2.24, 2.45) is 0 Å². The molecule has 0 saturated carbocycles. The normalized spacial score (nSPS) is 19.3. The molecule has 2 aromatic carbocycles. The Morgan fingerprint density at radius 3 is 2.94 bits per heavy atom. The first-order valence-corrected chi connectivity index (χ1v) is 12.0. The SMILES string of the molecule is CC(C)Oc1ccc(-c2nc(-c3cccc4c3CCC[C@@]43CC(=O)N(CCO)C3)no2)cc1C#N. The Kier molecular flexibility index (Phi) is 6.03. The minimum atomic E-state index is -0.240. The number of rotatable bonds is 6. The number of ether oxygens (including phenoxy) is 1. The van der Waals surface area contributed by atoms with Gasteiger partial charge in [-0.2, -0.15) is 10.2 Å². The summed E-state index contributed by atoms with van der Waals surface area (Å²) in [6, 6.07) is 13.5.